The van der Waals surface area contributed by atoms with Gasteiger partial charge < -0.3 is 9.47 Å². The van der Waals surface area contributed by atoms with Crippen LogP contribution in [-0.4, -0.2) is 30.5 Å². The number of carbonyl (C=O) groups is 2. The zero-order valence-corrected chi connectivity index (χ0v) is 16.5. The summed E-state index contributed by atoms with van der Waals surface area (Å²) in [6, 6.07) is 0. The van der Waals surface area contributed by atoms with E-state index in [9.17, 15) is 9.59 Å². The molecule has 23 heavy (non-hydrogen) atoms. The van der Waals surface area contributed by atoms with Gasteiger partial charge in [-0.15, -0.1) is 0 Å². The second-order valence-corrected chi connectivity index (χ2v) is 7.63. The van der Waals surface area contributed by atoms with Crippen LogP contribution in [0.1, 0.15) is 65.7 Å². The SMILES string of the molecule is CCC/C(CC)=C(\CCC)C[C@@]1(C(=O)OC)C[C@]1(Br)C(=O)OC. The molecule has 2 atom stereocenters. The smallest absolute Gasteiger partial charge is 0.323 e. The number of esters is 2. The van der Waals surface area contributed by atoms with Gasteiger partial charge in [0.05, 0.1) is 19.6 Å². The number of ether oxygens (including phenoxy) is 2. The average Bonchev–Trinajstić information content (AvgIpc) is 3.17. The van der Waals surface area contributed by atoms with E-state index in [0.29, 0.717) is 12.8 Å². The molecule has 1 fully saturated rings. The molecule has 0 aromatic carbocycles. The first-order chi connectivity index (χ1) is 10.9. The van der Waals surface area contributed by atoms with E-state index in [1.54, 1.807) is 0 Å². The van der Waals surface area contributed by atoms with Gasteiger partial charge in [0.15, 0.2) is 0 Å². The average molecular weight is 389 g/mol. The molecular weight excluding hydrogens is 360 g/mol. The first kappa shape index (κ1) is 20.2. The molecule has 0 heterocycles. The highest BCUT2D eigenvalue weighted by Crippen LogP contribution is 2.67. The van der Waals surface area contributed by atoms with Crippen molar-refractivity contribution in [3.8, 4) is 0 Å². The zero-order valence-electron chi connectivity index (χ0n) is 15.0. The van der Waals surface area contributed by atoms with E-state index in [4.69, 9.17) is 9.47 Å². The predicted molar refractivity (Wildman–Crippen MR) is 94.5 cm³/mol. The molecule has 4 nitrogen and oxygen atoms in total. The maximum Gasteiger partial charge on any atom is 0.323 e. The van der Waals surface area contributed by atoms with Crippen LogP contribution in [0.4, 0.5) is 0 Å². The van der Waals surface area contributed by atoms with Gasteiger partial charge in [-0.25, -0.2) is 0 Å². The number of alkyl halides is 1. The lowest BCUT2D eigenvalue weighted by Gasteiger charge is -2.22. The van der Waals surface area contributed by atoms with Crippen LogP contribution in [0, 0.1) is 5.41 Å². The summed E-state index contributed by atoms with van der Waals surface area (Å²) in [5.74, 6) is -0.729. The monoisotopic (exact) mass is 388 g/mol. The molecule has 0 aromatic rings. The van der Waals surface area contributed by atoms with Crippen molar-refractivity contribution in [1.29, 1.82) is 0 Å². The van der Waals surface area contributed by atoms with E-state index in [1.807, 2.05) is 0 Å². The van der Waals surface area contributed by atoms with Gasteiger partial charge in [-0.2, -0.15) is 0 Å². The minimum atomic E-state index is -0.952. The van der Waals surface area contributed by atoms with Crippen molar-refractivity contribution in [2.45, 2.75) is 70.0 Å². The summed E-state index contributed by atoms with van der Waals surface area (Å²) in [4.78, 5) is 24.6. The highest BCUT2D eigenvalue weighted by atomic mass is 79.9. The van der Waals surface area contributed by atoms with Gasteiger partial charge in [-0.05, 0) is 32.1 Å². The Morgan fingerprint density at radius 1 is 0.957 bits per heavy atom. The molecule has 0 saturated heterocycles. The molecule has 1 saturated carbocycles. The maximum atomic E-state index is 12.5. The summed E-state index contributed by atoms with van der Waals surface area (Å²) in [6.07, 6.45) is 6.06. The molecule has 1 aliphatic rings. The van der Waals surface area contributed by atoms with E-state index >= 15 is 0 Å². The molecule has 1 rings (SSSR count). The fraction of sp³-hybridized carbons (Fsp3) is 0.778. The second-order valence-electron chi connectivity index (χ2n) is 6.28. The number of allylic oxidation sites excluding steroid dienone is 2. The second kappa shape index (κ2) is 8.32. The molecule has 132 valence electrons. The molecule has 0 amide bonds. The van der Waals surface area contributed by atoms with Crippen molar-refractivity contribution in [3.63, 3.8) is 0 Å². The van der Waals surface area contributed by atoms with Crippen LogP contribution in [0.3, 0.4) is 0 Å². The Balaban J connectivity index is 3.20. The summed E-state index contributed by atoms with van der Waals surface area (Å²) >= 11 is 3.47. The van der Waals surface area contributed by atoms with Gasteiger partial charge in [-0.3, -0.25) is 9.59 Å². The number of rotatable bonds is 9. The molecule has 0 bridgehead atoms. The Bertz CT molecular complexity index is 485. The van der Waals surface area contributed by atoms with Crippen LogP contribution in [0.2, 0.25) is 0 Å². The van der Waals surface area contributed by atoms with Crippen LogP contribution in [0.15, 0.2) is 11.1 Å². The van der Waals surface area contributed by atoms with E-state index in [1.165, 1.54) is 25.4 Å². The van der Waals surface area contributed by atoms with Crippen molar-refractivity contribution in [3.05, 3.63) is 11.1 Å². The van der Waals surface area contributed by atoms with Crippen molar-refractivity contribution in [2.75, 3.05) is 14.2 Å². The Hall–Kier alpha value is -0.840. The van der Waals surface area contributed by atoms with Crippen molar-refractivity contribution in [2.24, 2.45) is 5.41 Å². The number of halogens is 1. The fourth-order valence-corrected chi connectivity index (χ4v) is 4.41. The maximum absolute atomic E-state index is 12.5. The van der Waals surface area contributed by atoms with Gasteiger partial charge >= 0.3 is 11.9 Å². The highest BCUT2D eigenvalue weighted by molar-refractivity contribution is 9.10. The largest absolute Gasteiger partial charge is 0.469 e. The van der Waals surface area contributed by atoms with E-state index in [2.05, 4.69) is 36.7 Å². The summed E-state index contributed by atoms with van der Waals surface area (Å²) < 4.78 is 8.96. The minimum Gasteiger partial charge on any atom is -0.469 e. The lowest BCUT2D eigenvalue weighted by atomic mass is 9.86. The van der Waals surface area contributed by atoms with Crippen molar-refractivity contribution >= 4 is 27.9 Å². The van der Waals surface area contributed by atoms with Crippen LogP contribution in [0.25, 0.3) is 0 Å². The predicted octanol–water partition coefficient (Wildman–Crippen LogP) is 4.55. The highest BCUT2D eigenvalue weighted by Gasteiger charge is 2.76. The number of carbonyl (C=O) groups excluding carboxylic acids is 2. The lowest BCUT2D eigenvalue weighted by Crippen LogP contribution is -2.32. The summed E-state index contributed by atoms with van der Waals surface area (Å²) in [7, 11) is 2.73. The minimum absolute atomic E-state index is 0.333. The Morgan fingerprint density at radius 3 is 1.91 bits per heavy atom. The molecule has 5 heteroatoms. The normalized spacial score (nSPS) is 27.2. The molecule has 0 aliphatic heterocycles. The van der Waals surface area contributed by atoms with Gasteiger partial charge in [0.25, 0.3) is 0 Å². The Morgan fingerprint density at radius 2 is 1.48 bits per heavy atom. The summed E-state index contributed by atoms with van der Waals surface area (Å²) in [5.41, 5.74) is 1.87. The van der Waals surface area contributed by atoms with E-state index in [-0.39, 0.29) is 5.97 Å². The third-order valence-corrected chi connectivity index (χ3v) is 6.17. The Labute approximate surface area is 148 Å². The van der Waals surface area contributed by atoms with Crippen LogP contribution in [-0.2, 0) is 19.1 Å². The standard InChI is InChI=1S/C18H29BrO4/c1-6-9-13(8-3)14(10-7-2)11-17(15(20)22-4)12-18(17,19)16(21)23-5/h6-12H2,1-5H3/b14-13+/t17-,18-/m0/s1. The molecule has 0 unspecified atom stereocenters. The van der Waals surface area contributed by atoms with Crippen LogP contribution in [0.5, 0.6) is 0 Å². The molecule has 1 aliphatic carbocycles. The summed E-state index contributed by atoms with van der Waals surface area (Å²) in [5, 5.41) is 0. The van der Waals surface area contributed by atoms with Gasteiger partial charge in [0.1, 0.15) is 4.32 Å². The molecule has 0 radical (unpaired) electrons. The van der Waals surface area contributed by atoms with Crippen molar-refractivity contribution in [1.82, 2.24) is 0 Å². The van der Waals surface area contributed by atoms with Gasteiger partial charge in [0, 0.05) is 0 Å². The quantitative estimate of drug-likeness (QED) is 0.330. The van der Waals surface area contributed by atoms with Gasteiger partial charge in [-0.1, -0.05) is 60.7 Å². The third-order valence-electron chi connectivity index (χ3n) is 4.81. The molecule has 0 spiro atoms. The van der Waals surface area contributed by atoms with E-state index in [0.717, 1.165) is 32.1 Å². The van der Waals surface area contributed by atoms with Crippen molar-refractivity contribution < 1.29 is 19.1 Å². The first-order valence-corrected chi connectivity index (χ1v) is 9.21. The zero-order chi connectivity index (χ0) is 17.7. The van der Waals surface area contributed by atoms with Crippen LogP contribution >= 0.6 is 15.9 Å². The van der Waals surface area contributed by atoms with E-state index < -0.39 is 15.7 Å². The number of hydrogen-bond acceptors (Lipinski definition) is 4. The lowest BCUT2D eigenvalue weighted by molar-refractivity contribution is -0.151. The summed E-state index contributed by atoms with van der Waals surface area (Å²) in [6.45, 7) is 6.45. The number of hydrogen-bond donors (Lipinski definition) is 0. The fourth-order valence-electron chi connectivity index (χ4n) is 3.47. The molecule has 0 aromatic heterocycles. The van der Waals surface area contributed by atoms with Crippen LogP contribution < -0.4 is 0 Å². The first-order valence-electron chi connectivity index (χ1n) is 8.42. The third kappa shape index (κ3) is 3.81. The number of methoxy groups -OCH3 is 2. The molecular formula is C18H29BrO4. The van der Waals surface area contributed by atoms with Gasteiger partial charge in [0.2, 0.25) is 0 Å². The Kier molecular flexibility index (Phi) is 7.30. The molecule has 0 N–H and O–H groups in total. The topological polar surface area (TPSA) is 52.6 Å².